The summed E-state index contributed by atoms with van der Waals surface area (Å²) in [7, 11) is 0. The Hall–Kier alpha value is -2.37. The Morgan fingerprint density at radius 2 is 1.50 bits per heavy atom. The normalized spacial score (nSPS) is 13.1. The van der Waals surface area contributed by atoms with Gasteiger partial charge in [-0.3, -0.25) is 14.9 Å². The van der Waals surface area contributed by atoms with Gasteiger partial charge in [0.15, 0.2) is 0 Å². The minimum atomic E-state index is -6.68. The number of nitro benzene ring substituents is 1. The molecule has 0 aliphatic rings. The van der Waals surface area contributed by atoms with Gasteiger partial charge in [-0.2, -0.15) is 39.5 Å². The van der Waals surface area contributed by atoms with Crippen LogP contribution in [-0.4, -0.2) is 23.2 Å². The van der Waals surface area contributed by atoms with Gasteiger partial charge in [-0.05, 0) is 40.8 Å². The van der Waals surface area contributed by atoms with Gasteiger partial charge >= 0.3 is 24.2 Å². The average Bonchev–Trinajstić information content (AvgIpc) is 2.65. The zero-order valence-corrected chi connectivity index (χ0v) is 18.5. The quantitative estimate of drug-likeness (QED) is 0.164. The van der Waals surface area contributed by atoms with Gasteiger partial charge in [0.25, 0.3) is 11.6 Å². The SMILES string of the molecule is O=C(Nc1c(I)cc(C(F)(C(F)(F)F)C(F)(F)F)cc1C(F)(F)F)c1cccc([N+](=O)[O-])c1Cl. The van der Waals surface area contributed by atoms with Crippen molar-refractivity contribution in [3.8, 4) is 0 Å². The molecule has 0 saturated carbocycles. The largest absolute Gasteiger partial charge is 0.435 e. The molecular weight excluding hydrogens is 633 g/mol. The lowest BCUT2D eigenvalue weighted by Crippen LogP contribution is -2.50. The zero-order chi connectivity index (χ0) is 26.4. The van der Waals surface area contributed by atoms with Crippen LogP contribution in [0.25, 0.3) is 0 Å². The van der Waals surface area contributed by atoms with Crippen LogP contribution >= 0.6 is 34.2 Å². The van der Waals surface area contributed by atoms with E-state index in [1.54, 1.807) is 5.32 Å². The van der Waals surface area contributed by atoms with Gasteiger partial charge in [0.05, 0.1) is 21.7 Å². The Kier molecular flexibility index (Phi) is 7.39. The lowest BCUT2D eigenvalue weighted by atomic mass is 9.92. The number of hydrogen-bond acceptors (Lipinski definition) is 3. The molecule has 0 heterocycles. The fraction of sp³-hybridized carbons (Fsp3) is 0.235. The Bertz CT molecular complexity index is 1130. The second-order valence-electron chi connectivity index (χ2n) is 6.38. The van der Waals surface area contributed by atoms with Crippen molar-refractivity contribution in [2.75, 3.05) is 5.32 Å². The second kappa shape index (κ2) is 9.01. The zero-order valence-electron chi connectivity index (χ0n) is 15.6. The van der Waals surface area contributed by atoms with Crippen LogP contribution in [0, 0.1) is 13.7 Å². The van der Waals surface area contributed by atoms with Gasteiger partial charge < -0.3 is 5.32 Å². The van der Waals surface area contributed by atoms with Crippen LogP contribution in [0.15, 0.2) is 30.3 Å². The third kappa shape index (κ3) is 5.01. The van der Waals surface area contributed by atoms with Crippen molar-refractivity contribution < 1.29 is 53.6 Å². The van der Waals surface area contributed by atoms with E-state index in [2.05, 4.69) is 0 Å². The van der Waals surface area contributed by atoms with Gasteiger partial charge in [-0.15, -0.1) is 0 Å². The number of rotatable bonds is 4. The molecule has 1 N–H and O–H groups in total. The van der Waals surface area contributed by atoms with Crippen molar-refractivity contribution in [2.45, 2.75) is 24.2 Å². The Balaban J connectivity index is 2.72. The summed E-state index contributed by atoms with van der Waals surface area (Å²) in [6.07, 6.45) is -19.0. The van der Waals surface area contributed by atoms with Crippen LogP contribution in [0.3, 0.4) is 0 Å². The molecule has 2 aromatic rings. The molecule has 0 aliphatic heterocycles. The number of nitrogens with zero attached hydrogens (tertiary/aromatic N) is 1. The Morgan fingerprint density at radius 3 is 1.94 bits per heavy atom. The molecule has 0 radical (unpaired) electrons. The number of halogens is 12. The molecule has 1 amide bonds. The number of carbonyl (C=O) groups excluding carboxylic acids is 1. The molecule has 0 bridgehead atoms. The van der Waals surface area contributed by atoms with E-state index in [1.165, 1.54) is 0 Å². The van der Waals surface area contributed by atoms with E-state index in [0.717, 1.165) is 40.8 Å². The monoisotopic (exact) mass is 638 g/mol. The van der Waals surface area contributed by atoms with E-state index in [0.29, 0.717) is 0 Å². The van der Waals surface area contributed by atoms with E-state index in [4.69, 9.17) is 11.6 Å². The first-order valence-electron chi connectivity index (χ1n) is 8.21. The molecule has 0 fully saturated rings. The highest BCUT2D eigenvalue weighted by Gasteiger charge is 2.73. The van der Waals surface area contributed by atoms with Gasteiger partial charge in [-0.1, -0.05) is 17.7 Å². The smallest absolute Gasteiger partial charge is 0.320 e. The van der Waals surface area contributed by atoms with Gasteiger partial charge in [0.2, 0.25) is 0 Å². The van der Waals surface area contributed by atoms with Crippen LogP contribution in [0.2, 0.25) is 5.02 Å². The van der Waals surface area contributed by atoms with E-state index >= 15 is 0 Å². The highest BCUT2D eigenvalue weighted by Crippen LogP contribution is 2.54. The number of nitrogens with one attached hydrogen (secondary N) is 1. The third-order valence-electron chi connectivity index (χ3n) is 4.23. The fourth-order valence-corrected chi connectivity index (χ4v) is 3.70. The number of nitro groups is 1. The minimum absolute atomic E-state index is 0.165. The summed E-state index contributed by atoms with van der Waals surface area (Å²) in [6.45, 7) is 0. The number of anilines is 1. The number of benzene rings is 2. The van der Waals surface area contributed by atoms with Gasteiger partial charge in [0, 0.05) is 15.2 Å². The molecule has 34 heavy (non-hydrogen) atoms. The molecule has 186 valence electrons. The number of carbonyl (C=O) groups is 1. The molecule has 0 saturated heterocycles. The van der Waals surface area contributed by atoms with E-state index in [9.17, 15) is 58.8 Å². The number of hydrogen-bond donors (Lipinski definition) is 1. The summed E-state index contributed by atoms with van der Waals surface area (Å²) >= 11 is 6.56. The predicted molar refractivity (Wildman–Crippen MR) is 105 cm³/mol. The van der Waals surface area contributed by atoms with Crippen molar-refractivity contribution in [1.82, 2.24) is 0 Å². The van der Waals surface area contributed by atoms with Crippen molar-refractivity contribution in [1.29, 1.82) is 0 Å². The number of amides is 1. The molecule has 0 aromatic heterocycles. The molecule has 2 aromatic carbocycles. The lowest BCUT2D eigenvalue weighted by Gasteiger charge is -2.31. The first-order valence-corrected chi connectivity index (χ1v) is 9.67. The van der Waals surface area contributed by atoms with Crippen LogP contribution in [0.4, 0.5) is 55.3 Å². The third-order valence-corrected chi connectivity index (χ3v) is 5.48. The standard InChI is InChI=1S/C17H6ClF10IN2O3/c18-11-7(2-1-3-10(11)31(33)34)13(32)30-12-8(15(20,21)22)4-6(5-9(12)29)14(19,16(23,24)25)17(26,27)28/h1-5H,(H,30,32). The Morgan fingerprint density at radius 1 is 0.971 bits per heavy atom. The molecule has 0 unspecified atom stereocenters. The van der Waals surface area contributed by atoms with Crippen LogP contribution < -0.4 is 5.32 Å². The predicted octanol–water partition coefficient (Wildman–Crippen LogP) is 7.41. The summed E-state index contributed by atoms with van der Waals surface area (Å²) in [5, 5.41) is 11.7. The highest BCUT2D eigenvalue weighted by molar-refractivity contribution is 14.1. The fourth-order valence-electron chi connectivity index (χ4n) is 2.66. The van der Waals surface area contributed by atoms with Crippen LogP contribution in [0.1, 0.15) is 21.5 Å². The lowest BCUT2D eigenvalue weighted by molar-refractivity contribution is -0.384. The summed E-state index contributed by atoms with van der Waals surface area (Å²) in [6, 6.07) is 1.77. The first kappa shape index (κ1) is 27.9. The van der Waals surface area contributed by atoms with Crippen molar-refractivity contribution in [3.05, 3.63) is 65.7 Å². The van der Waals surface area contributed by atoms with Crippen molar-refractivity contribution in [2.24, 2.45) is 0 Å². The molecule has 0 spiro atoms. The minimum Gasteiger partial charge on any atom is -0.320 e. The Labute approximate surface area is 200 Å². The average molecular weight is 639 g/mol. The molecule has 0 atom stereocenters. The topological polar surface area (TPSA) is 72.2 Å². The maximum atomic E-state index is 14.3. The van der Waals surface area contributed by atoms with E-state index < -0.39 is 77.8 Å². The molecule has 0 aliphatic carbocycles. The molecular formula is C17H6ClF10IN2O3. The van der Waals surface area contributed by atoms with E-state index in [1.807, 2.05) is 0 Å². The van der Waals surface area contributed by atoms with Gasteiger partial charge in [0.1, 0.15) is 5.02 Å². The summed E-state index contributed by atoms with van der Waals surface area (Å²) in [5.74, 6) is -1.51. The second-order valence-corrected chi connectivity index (χ2v) is 7.92. The summed E-state index contributed by atoms with van der Waals surface area (Å²) in [5.41, 5.74) is -13.7. The van der Waals surface area contributed by atoms with Crippen LogP contribution in [-0.2, 0) is 11.8 Å². The summed E-state index contributed by atoms with van der Waals surface area (Å²) in [4.78, 5) is 22.3. The van der Waals surface area contributed by atoms with Crippen molar-refractivity contribution >= 4 is 51.5 Å². The van der Waals surface area contributed by atoms with Crippen LogP contribution in [0.5, 0.6) is 0 Å². The molecule has 5 nitrogen and oxygen atoms in total. The maximum Gasteiger partial charge on any atom is 0.435 e. The number of alkyl halides is 10. The van der Waals surface area contributed by atoms with E-state index in [-0.39, 0.29) is 6.07 Å². The molecule has 17 heteroatoms. The summed E-state index contributed by atoms with van der Waals surface area (Å²) < 4.78 is 132. The van der Waals surface area contributed by atoms with Gasteiger partial charge in [-0.25, -0.2) is 4.39 Å². The highest BCUT2D eigenvalue weighted by atomic mass is 127. The van der Waals surface area contributed by atoms with Crippen molar-refractivity contribution in [3.63, 3.8) is 0 Å². The maximum absolute atomic E-state index is 14.3. The molecule has 2 rings (SSSR count). The first-order chi connectivity index (χ1) is 15.2.